The van der Waals surface area contributed by atoms with Gasteiger partial charge in [-0.1, -0.05) is 29.4 Å². The molecule has 2 aliphatic heterocycles. The fourth-order valence-corrected chi connectivity index (χ4v) is 5.22. The summed E-state index contributed by atoms with van der Waals surface area (Å²) in [6.45, 7) is 2.04. The Morgan fingerprint density at radius 2 is 1.81 bits per heavy atom. The van der Waals surface area contributed by atoms with Gasteiger partial charge in [-0.05, 0) is 48.9 Å². The molecule has 6 rings (SSSR count). The van der Waals surface area contributed by atoms with Crippen molar-refractivity contribution < 1.29 is 22.1 Å². The number of hydrogen-bond acceptors (Lipinski definition) is 5. The molecule has 6 nitrogen and oxygen atoms in total. The van der Waals surface area contributed by atoms with E-state index in [1.54, 1.807) is 24.0 Å². The van der Waals surface area contributed by atoms with Gasteiger partial charge in [0.2, 0.25) is 0 Å². The summed E-state index contributed by atoms with van der Waals surface area (Å²) in [5.41, 5.74) is 3.32. The van der Waals surface area contributed by atoms with Crippen LogP contribution in [0.2, 0.25) is 0 Å². The van der Waals surface area contributed by atoms with Crippen molar-refractivity contribution in [2.75, 3.05) is 5.88 Å². The summed E-state index contributed by atoms with van der Waals surface area (Å²) >= 11 is 1.67. The molecule has 0 bridgehead atoms. The van der Waals surface area contributed by atoms with Gasteiger partial charge in [0.1, 0.15) is 23.7 Å². The molecule has 1 unspecified atom stereocenters. The van der Waals surface area contributed by atoms with Crippen LogP contribution in [0, 0.1) is 5.82 Å². The second-order valence-corrected chi connectivity index (χ2v) is 9.54. The van der Waals surface area contributed by atoms with E-state index in [-0.39, 0.29) is 11.9 Å². The van der Waals surface area contributed by atoms with Crippen LogP contribution in [0.25, 0.3) is 17.1 Å². The monoisotopic (exact) mass is 523 g/mol. The Kier molecular flexibility index (Phi) is 5.59. The van der Waals surface area contributed by atoms with E-state index in [2.05, 4.69) is 14.7 Å². The van der Waals surface area contributed by atoms with Gasteiger partial charge in [0.25, 0.3) is 0 Å². The number of halogens is 4. The molecule has 0 fully saturated rings. The van der Waals surface area contributed by atoms with Crippen LogP contribution in [-0.2, 0) is 6.18 Å². The zero-order valence-corrected chi connectivity index (χ0v) is 20.2. The first-order chi connectivity index (χ1) is 17.8. The largest absolute Gasteiger partial charge is 0.416 e. The zero-order valence-electron chi connectivity index (χ0n) is 19.4. The maximum atomic E-state index is 13.8. The van der Waals surface area contributed by atoms with Crippen molar-refractivity contribution in [1.29, 1.82) is 0 Å². The molecule has 1 aromatic heterocycles. The highest BCUT2D eigenvalue weighted by Crippen LogP contribution is 2.42. The maximum absolute atomic E-state index is 13.8. The number of hydrazone groups is 1. The van der Waals surface area contributed by atoms with Crippen LogP contribution in [-0.4, -0.2) is 41.6 Å². The first-order valence-electron chi connectivity index (χ1n) is 11.4. The van der Waals surface area contributed by atoms with Crippen LogP contribution in [0.3, 0.4) is 0 Å². The Morgan fingerprint density at radius 1 is 1.05 bits per heavy atom. The molecule has 0 spiro atoms. The van der Waals surface area contributed by atoms with Crippen molar-refractivity contribution in [3.63, 3.8) is 0 Å². The van der Waals surface area contributed by atoms with Gasteiger partial charge in [-0.3, -0.25) is 0 Å². The third-order valence-electron chi connectivity index (χ3n) is 6.30. The highest BCUT2D eigenvalue weighted by molar-refractivity contribution is 8.14. The highest BCUT2D eigenvalue weighted by atomic mass is 32.2. The zero-order chi connectivity index (χ0) is 25.7. The summed E-state index contributed by atoms with van der Waals surface area (Å²) in [5, 5.41) is 12.0. The van der Waals surface area contributed by atoms with E-state index >= 15 is 0 Å². The minimum Gasteiger partial charge on any atom is -0.220 e. The molecule has 3 heterocycles. The lowest BCUT2D eigenvalue weighted by Gasteiger charge is -2.32. The van der Waals surface area contributed by atoms with E-state index in [1.807, 2.05) is 42.3 Å². The molecule has 0 N–H and O–H groups in total. The highest BCUT2D eigenvalue weighted by Gasteiger charge is 2.44. The molecule has 0 saturated heterocycles. The topological polar surface area (TPSA) is 49.3 Å². The van der Waals surface area contributed by atoms with E-state index in [4.69, 9.17) is 5.10 Å². The molecular weight excluding hydrogens is 504 g/mol. The first kappa shape index (κ1) is 23.4. The fraction of sp³-hybridized carbons (Fsp3) is 0.154. The Balaban J connectivity index is 1.19. The van der Waals surface area contributed by atoms with Crippen LogP contribution < -0.4 is 0 Å². The lowest BCUT2D eigenvalue weighted by atomic mass is 10.0. The molecule has 11 heteroatoms. The van der Waals surface area contributed by atoms with E-state index in [0.29, 0.717) is 11.5 Å². The smallest absolute Gasteiger partial charge is 0.220 e. The molecule has 0 radical (unpaired) electrons. The van der Waals surface area contributed by atoms with Crippen LogP contribution in [0.15, 0.2) is 78.2 Å². The summed E-state index contributed by atoms with van der Waals surface area (Å²) < 4.78 is 55.7. The van der Waals surface area contributed by atoms with Gasteiger partial charge >= 0.3 is 11.3 Å². The number of thioether (sulfide) groups is 1. The number of hydrogen-bond donors (Lipinski definition) is 0. The molecule has 37 heavy (non-hydrogen) atoms. The molecular formula is C26H19F4N6S+. The third-order valence-corrected chi connectivity index (χ3v) is 7.35. The van der Waals surface area contributed by atoms with Gasteiger partial charge in [-0.2, -0.15) is 13.2 Å². The van der Waals surface area contributed by atoms with Gasteiger partial charge in [-0.15, -0.1) is 10.1 Å². The predicted octanol–water partition coefficient (Wildman–Crippen LogP) is 6.21. The second kappa shape index (κ2) is 8.84. The summed E-state index contributed by atoms with van der Waals surface area (Å²) in [6.07, 6.45) is -1.15. The summed E-state index contributed by atoms with van der Waals surface area (Å²) in [7, 11) is 0. The van der Waals surface area contributed by atoms with Crippen molar-refractivity contribution in [3.05, 3.63) is 95.6 Å². The molecule has 186 valence electrons. The molecule has 3 aromatic carbocycles. The van der Waals surface area contributed by atoms with Crippen LogP contribution in [0.4, 0.5) is 23.2 Å². The van der Waals surface area contributed by atoms with Crippen molar-refractivity contribution in [3.8, 4) is 17.1 Å². The summed E-state index contributed by atoms with van der Waals surface area (Å²) in [5.74, 6) is 0.956. The van der Waals surface area contributed by atoms with Crippen LogP contribution >= 0.6 is 11.8 Å². The Morgan fingerprint density at radius 3 is 2.49 bits per heavy atom. The van der Waals surface area contributed by atoms with Gasteiger partial charge < -0.3 is 0 Å². The van der Waals surface area contributed by atoms with Crippen molar-refractivity contribution in [1.82, 2.24) is 19.8 Å². The Hall–Kier alpha value is -3.99. The van der Waals surface area contributed by atoms with Crippen LogP contribution in [0.1, 0.15) is 29.7 Å². The second-order valence-electron chi connectivity index (χ2n) is 8.63. The average Bonchev–Trinajstić information content (AvgIpc) is 3.35. The minimum absolute atomic E-state index is 0.0384. The van der Waals surface area contributed by atoms with E-state index < -0.39 is 11.7 Å². The first-order valence-corrected chi connectivity index (χ1v) is 12.4. The number of alkyl halides is 3. The summed E-state index contributed by atoms with van der Waals surface area (Å²) in [6, 6.07) is 17.1. The molecule has 2 aliphatic rings. The van der Waals surface area contributed by atoms with Crippen molar-refractivity contribution in [2.24, 2.45) is 5.10 Å². The number of nitrogens with zero attached hydrogens (tertiary/aromatic N) is 6. The number of amidine groups is 1. The normalized spacial score (nSPS) is 17.1. The lowest BCUT2D eigenvalue weighted by molar-refractivity contribution is -0.434. The Labute approximate surface area is 213 Å². The Bertz CT molecular complexity index is 1540. The maximum Gasteiger partial charge on any atom is 0.416 e. The standard InChI is InChI=1S/C26H19F4N6S/c1-16-22-11-8-20(27)12-23(22)34-15-37-25(34)36(16)32-13-17-2-4-18(5-3-17)24-31-14-35(33-24)21-9-6-19(7-10-21)26(28,29)30/h2-14,16H,15H2,1H3/q+1. The van der Waals surface area contributed by atoms with Gasteiger partial charge in [0, 0.05) is 29.0 Å². The molecule has 1 atom stereocenters. The van der Waals surface area contributed by atoms with Gasteiger partial charge in [0.15, 0.2) is 11.9 Å². The van der Waals surface area contributed by atoms with Crippen LogP contribution in [0.5, 0.6) is 0 Å². The van der Waals surface area contributed by atoms with Crippen molar-refractivity contribution in [2.45, 2.75) is 19.1 Å². The number of fused-ring (bicyclic) bond motifs is 2. The minimum atomic E-state index is -4.39. The van der Waals surface area contributed by atoms with Crippen molar-refractivity contribution >= 4 is 28.8 Å². The van der Waals surface area contributed by atoms with E-state index in [9.17, 15) is 17.6 Å². The van der Waals surface area contributed by atoms with Gasteiger partial charge in [-0.25, -0.2) is 18.6 Å². The van der Waals surface area contributed by atoms with E-state index in [1.165, 1.54) is 29.2 Å². The SMILES string of the molecule is CC1c2ccc(F)cc2[N+]2=C(SC2)N1N=Cc1ccc(-c2ncn(-c3ccc(C(F)(F)F)cc3)n2)cc1. The molecule has 0 amide bonds. The lowest BCUT2D eigenvalue weighted by Crippen LogP contribution is -2.43. The molecule has 0 saturated carbocycles. The van der Waals surface area contributed by atoms with Gasteiger partial charge in [0.05, 0.1) is 17.5 Å². The molecule has 0 aliphatic carbocycles. The van der Waals surface area contributed by atoms with E-state index in [0.717, 1.165) is 45.6 Å². The predicted molar refractivity (Wildman–Crippen MR) is 133 cm³/mol. The number of rotatable bonds is 4. The number of aromatic nitrogens is 3. The number of benzene rings is 3. The average molecular weight is 524 g/mol. The fourth-order valence-electron chi connectivity index (χ4n) is 4.27. The third kappa shape index (κ3) is 4.29. The molecule has 4 aromatic rings. The summed E-state index contributed by atoms with van der Waals surface area (Å²) in [4.78, 5) is 4.30. The quantitative estimate of drug-likeness (QED) is 0.181.